The second kappa shape index (κ2) is 3.86. The highest BCUT2D eigenvalue weighted by atomic mass is 127. The van der Waals surface area contributed by atoms with E-state index in [2.05, 4.69) is 22.6 Å². The van der Waals surface area contributed by atoms with Gasteiger partial charge in [-0.05, 0) is 46.9 Å². The van der Waals surface area contributed by atoms with Gasteiger partial charge in [0.05, 0.1) is 6.10 Å². The number of halogens is 1. The molecular formula is C10H10INO2. The van der Waals surface area contributed by atoms with Crippen LogP contribution in [0.15, 0.2) is 24.3 Å². The Kier molecular flexibility index (Phi) is 2.73. The Morgan fingerprint density at radius 3 is 2.43 bits per heavy atom. The van der Waals surface area contributed by atoms with E-state index in [0.717, 1.165) is 3.57 Å². The molecule has 1 N–H and O–H groups in total. The maximum absolute atomic E-state index is 11.7. The summed E-state index contributed by atoms with van der Waals surface area (Å²) < 4.78 is 1.11. The van der Waals surface area contributed by atoms with Crippen molar-refractivity contribution in [2.45, 2.75) is 6.10 Å². The Morgan fingerprint density at radius 1 is 1.36 bits per heavy atom. The predicted octanol–water partition coefficient (Wildman–Crippen LogP) is 1.11. The third kappa shape index (κ3) is 1.90. The number of aliphatic hydroxyl groups excluding tert-OH is 1. The fourth-order valence-electron chi connectivity index (χ4n) is 1.40. The fraction of sp³-hybridized carbons (Fsp3) is 0.300. The number of rotatable bonds is 1. The third-order valence-corrected chi connectivity index (χ3v) is 2.96. The Bertz CT molecular complexity index is 344. The molecule has 1 aromatic rings. The van der Waals surface area contributed by atoms with Crippen LogP contribution in [0, 0.1) is 3.57 Å². The van der Waals surface area contributed by atoms with Gasteiger partial charge in [0, 0.05) is 22.2 Å². The van der Waals surface area contributed by atoms with Crippen molar-refractivity contribution in [1.29, 1.82) is 0 Å². The molecule has 1 fully saturated rings. The number of aliphatic hydroxyl groups is 1. The molecular weight excluding hydrogens is 293 g/mol. The number of hydrogen-bond donors (Lipinski definition) is 1. The molecule has 1 heterocycles. The molecule has 3 nitrogen and oxygen atoms in total. The van der Waals surface area contributed by atoms with E-state index in [1.165, 1.54) is 0 Å². The normalized spacial score (nSPS) is 16.6. The second-order valence-corrected chi connectivity index (χ2v) is 4.62. The Hall–Kier alpha value is -0.620. The first-order chi connectivity index (χ1) is 6.66. The van der Waals surface area contributed by atoms with Crippen LogP contribution in [0.3, 0.4) is 0 Å². The molecule has 1 aromatic carbocycles. The molecule has 0 bridgehead atoms. The molecule has 0 saturated carbocycles. The number of carbonyl (C=O) groups is 1. The van der Waals surface area contributed by atoms with Crippen LogP contribution in [0.4, 0.5) is 0 Å². The maximum Gasteiger partial charge on any atom is 0.254 e. The number of likely N-dealkylation sites (tertiary alicyclic amines) is 1. The van der Waals surface area contributed by atoms with Gasteiger partial charge in [-0.15, -0.1) is 0 Å². The average Bonchev–Trinajstić information content (AvgIpc) is 2.13. The molecule has 1 aliphatic rings. The van der Waals surface area contributed by atoms with Gasteiger partial charge in [0.1, 0.15) is 0 Å². The van der Waals surface area contributed by atoms with Crippen molar-refractivity contribution in [1.82, 2.24) is 4.90 Å². The van der Waals surface area contributed by atoms with Crippen molar-refractivity contribution in [3.05, 3.63) is 33.4 Å². The van der Waals surface area contributed by atoms with Crippen LogP contribution in [0.2, 0.25) is 0 Å². The minimum absolute atomic E-state index is 0.00620. The van der Waals surface area contributed by atoms with Crippen molar-refractivity contribution in [2.24, 2.45) is 0 Å². The highest BCUT2D eigenvalue weighted by Crippen LogP contribution is 2.14. The van der Waals surface area contributed by atoms with Crippen LogP contribution < -0.4 is 0 Å². The number of nitrogens with zero attached hydrogens (tertiary/aromatic N) is 1. The van der Waals surface area contributed by atoms with Gasteiger partial charge in [-0.2, -0.15) is 0 Å². The van der Waals surface area contributed by atoms with E-state index in [0.29, 0.717) is 18.7 Å². The lowest BCUT2D eigenvalue weighted by molar-refractivity contribution is 0.00589. The van der Waals surface area contributed by atoms with E-state index < -0.39 is 0 Å². The molecule has 0 atom stereocenters. The molecule has 1 amide bonds. The summed E-state index contributed by atoms with van der Waals surface area (Å²) in [5, 5.41) is 9.06. The largest absolute Gasteiger partial charge is 0.389 e. The summed E-state index contributed by atoms with van der Waals surface area (Å²) in [6.45, 7) is 0.926. The highest BCUT2D eigenvalue weighted by Gasteiger charge is 2.29. The maximum atomic E-state index is 11.7. The number of hydrogen-bond acceptors (Lipinski definition) is 2. The summed E-state index contributed by atoms with van der Waals surface area (Å²) in [5.74, 6) is 0.00620. The van der Waals surface area contributed by atoms with Crippen molar-refractivity contribution < 1.29 is 9.90 Å². The SMILES string of the molecule is O=C(c1ccc(I)cc1)N1CC(O)C1. The van der Waals surface area contributed by atoms with Crippen molar-refractivity contribution in [3.63, 3.8) is 0 Å². The molecule has 0 unspecified atom stereocenters. The minimum atomic E-state index is -0.331. The zero-order chi connectivity index (χ0) is 10.1. The molecule has 1 saturated heterocycles. The van der Waals surface area contributed by atoms with Gasteiger partial charge in [-0.3, -0.25) is 4.79 Å². The number of β-amino-alcohol motifs (C(OH)–C–C–N with tert-alkyl or cyclic N) is 1. The lowest BCUT2D eigenvalue weighted by Crippen LogP contribution is -2.53. The topological polar surface area (TPSA) is 40.5 Å². The van der Waals surface area contributed by atoms with E-state index >= 15 is 0 Å². The summed E-state index contributed by atoms with van der Waals surface area (Å²) in [7, 11) is 0. The van der Waals surface area contributed by atoms with E-state index in [1.54, 1.807) is 4.90 Å². The quantitative estimate of drug-likeness (QED) is 0.790. The van der Waals surface area contributed by atoms with Gasteiger partial charge in [-0.25, -0.2) is 0 Å². The third-order valence-electron chi connectivity index (χ3n) is 2.24. The zero-order valence-corrected chi connectivity index (χ0v) is 9.64. The van der Waals surface area contributed by atoms with Gasteiger partial charge < -0.3 is 10.0 Å². The van der Waals surface area contributed by atoms with Gasteiger partial charge >= 0.3 is 0 Å². The molecule has 14 heavy (non-hydrogen) atoms. The second-order valence-electron chi connectivity index (χ2n) is 3.37. The van der Waals surface area contributed by atoms with Gasteiger partial charge in [-0.1, -0.05) is 0 Å². The van der Waals surface area contributed by atoms with Crippen molar-refractivity contribution in [3.8, 4) is 0 Å². The predicted molar refractivity (Wildman–Crippen MR) is 61.1 cm³/mol. The summed E-state index contributed by atoms with van der Waals surface area (Å²) >= 11 is 2.20. The average molecular weight is 303 g/mol. The van der Waals surface area contributed by atoms with Crippen LogP contribution in [-0.2, 0) is 0 Å². The Labute approximate surface area is 95.9 Å². The molecule has 4 heteroatoms. The highest BCUT2D eigenvalue weighted by molar-refractivity contribution is 14.1. The first-order valence-electron chi connectivity index (χ1n) is 4.40. The molecule has 0 aromatic heterocycles. The minimum Gasteiger partial charge on any atom is -0.389 e. The lowest BCUT2D eigenvalue weighted by atomic mass is 10.1. The Morgan fingerprint density at radius 2 is 1.93 bits per heavy atom. The first-order valence-corrected chi connectivity index (χ1v) is 5.47. The monoisotopic (exact) mass is 303 g/mol. The lowest BCUT2D eigenvalue weighted by Gasteiger charge is -2.35. The van der Waals surface area contributed by atoms with Crippen LogP contribution in [0.5, 0.6) is 0 Å². The molecule has 0 radical (unpaired) electrons. The summed E-state index contributed by atoms with van der Waals surface area (Å²) in [4.78, 5) is 13.3. The summed E-state index contributed by atoms with van der Waals surface area (Å²) in [6, 6.07) is 7.44. The van der Waals surface area contributed by atoms with Gasteiger partial charge in [0.2, 0.25) is 0 Å². The van der Waals surface area contributed by atoms with Crippen LogP contribution >= 0.6 is 22.6 Å². The molecule has 0 spiro atoms. The first kappa shape index (κ1) is 9.92. The zero-order valence-electron chi connectivity index (χ0n) is 7.48. The van der Waals surface area contributed by atoms with Crippen LogP contribution in [0.1, 0.15) is 10.4 Å². The molecule has 74 valence electrons. The number of amides is 1. The van der Waals surface area contributed by atoms with Crippen molar-refractivity contribution in [2.75, 3.05) is 13.1 Å². The van der Waals surface area contributed by atoms with Crippen LogP contribution in [-0.4, -0.2) is 35.1 Å². The Balaban J connectivity index is 2.08. The van der Waals surface area contributed by atoms with Crippen molar-refractivity contribution >= 4 is 28.5 Å². The van der Waals surface area contributed by atoms with Crippen LogP contribution in [0.25, 0.3) is 0 Å². The number of benzene rings is 1. The molecule has 2 rings (SSSR count). The van der Waals surface area contributed by atoms with E-state index in [-0.39, 0.29) is 12.0 Å². The van der Waals surface area contributed by atoms with E-state index in [9.17, 15) is 4.79 Å². The van der Waals surface area contributed by atoms with E-state index in [1.807, 2.05) is 24.3 Å². The van der Waals surface area contributed by atoms with E-state index in [4.69, 9.17) is 5.11 Å². The standard InChI is InChI=1S/C10H10INO2/c11-8-3-1-7(2-4-8)10(14)12-5-9(13)6-12/h1-4,9,13H,5-6H2. The number of carbonyl (C=O) groups excluding carboxylic acids is 1. The fourth-order valence-corrected chi connectivity index (χ4v) is 1.76. The van der Waals surface area contributed by atoms with Gasteiger partial charge in [0.15, 0.2) is 0 Å². The van der Waals surface area contributed by atoms with Gasteiger partial charge in [0.25, 0.3) is 5.91 Å². The molecule has 1 aliphatic heterocycles. The summed E-state index contributed by atoms with van der Waals surface area (Å²) in [6.07, 6.45) is -0.331. The molecule has 0 aliphatic carbocycles. The smallest absolute Gasteiger partial charge is 0.254 e. The summed E-state index contributed by atoms with van der Waals surface area (Å²) in [5.41, 5.74) is 0.692.